The van der Waals surface area contributed by atoms with Crippen LogP contribution in [0.15, 0.2) is 33.5 Å². The molecule has 1 aliphatic carbocycles. The number of hydrogen-bond acceptors (Lipinski definition) is 6. The summed E-state index contributed by atoms with van der Waals surface area (Å²) in [5.74, 6) is -2.20. The van der Waals surface area contributed by atoms with Crippen molar-refractivity contribution in [3.05, 3.63) is 51.8 Å². The summed E-state index contributed by atoms with van der Waals surface area (Å²) >= 11 is 0. The Morgan fingerprint density at radius 3 is 2.36 bits per heavy atom. The number of ketones is 1. The zero-order chi connectivity index (χ0) is 26.4. The van der Waals surface area contributed by atoms with Crippen molar-refractivity contribution in [3.63, 3.8) is 0 Å². The number of benzene rings is 1. The molecule has 9 heteroatoms. The Labute approximate surface area is 212 Å². The average molecular weight is 499 g/mol. The second-order valence-corrected chi connectivity index (χ2v) is 10.6. The predicted molar refractivity (Wildman–Crippen MR) is 136 cm³/mol. The minimum atomic E-state index is -0.876. The largest absolute Gasteiger partial charge is 0.437 e. The molecule has 2 N–H and O–H groups in total. The van der Waals surface area contributed by atoms with Crippen LogP contribution >= 0.6 is 0 Å². The van der Waals surface area contributed by atoms with Gasteiger partial charge in [0.05, 0.1) is 18.5 Å². The second-order valence-electron chi connectivity index (χ2n) is 10.6. The van der Waals surface area contributed by atoms with Crippen LogP contribution < -0.4 is 16.4 Å². The Kier molecular flexibility index (Phi) is 9.23. The molecule has 0 radical (unpaired) electrons. The van der Waals surface area contributed by atoms with Gasteiger partial charge in [-0.05, 0) is 50.2 Å². The fraction of sp³-hybridized carbons (Fsp3) is 0.593. The van der Waals surface area contributed by atoms with Gasteiger partial charge in [0.25, 0.3) is 11.8 Å². The molecule has 0 unspecified atom stereocenters. The quantitative estimate of drug-likeness (QED) is 0.483. The molecular formula is C27H38N4O5. The summed E-state index contributed by atoms with van der Waals surface area (Å²) in [6.45, 7) is 10.1. The summed E-state index contributed by atoms with van der Waals surface area (Å²) in [6.07, 6.45) is 3.46. The Balaban J connectivity index is 1.74. The third kappa shape index (κ3) is 7.15. The summed E-state index contributed by atoms with van der Waals surface area (Å²) in [5, 5.41) is 9.99. The van der Waals surface area contributed by atoms with E-state index in [4.69, 9.17) is 4.42 Å². The van der Waals surface area contributed by atoms with Crippen LogP contribution in [0.5, 0.6) is 0 Å². The van der Waals surface area contributed by atoms with Crippen molar-refractivity contribution in [2.24, 2.45) is 17.8 Å². The van der Waals surface area contributed by atoms with Gasteiger partial charge in [-0.2, -0.15) is 4.68 Å². The number of rotatable bonds is 10. The molecule has 1 aromatic carbocycles. The minimum absolute atomic E-state index is 0.104. The smallest absolute Gasteiger partial charge is 0.384 e. The number of Topliss-reactive ketones (excluding diaryl/α,β-unsaturated/α-hetero) is 1. The molecule has 196 valence electrons. The lowest BCUT2D eigenvalue weighted by atomic mass is 9.83. The molecule has 0 spiro atoms. The van der Waals surface area contributed by atoms with E-state index in [1.807, 2.05) is 46.8 Å². The summed E-state index contributed by atoms with van der Waals surface area (Å²) in [6, 6.07) is 6.09. The maximum absolute atomic E-state index is 13.4. The van der Waals surface area contributed by atoms with E-state index in [0.717, 1.165) is 23.1 Å². The van der Waals surface area contributed by atoms with Gasteiger partial charge >= 0.3 is 5.76 Å². The van der Waals surface area contributed by atoms with Crippen molar-refractivity contribution in [3.8, 4) is 0 Å². The maximum Gasteiger partial charge on any atom is 0.437 e. The predicted octanol–water partition coefficient (Wildman–Crippen LogP) is 3.50. The molecule has 1 saturated carbocycles. The summed E-state index contributed by atoms with van der Waals surface area (Å²) in [5.41, 5.74) is 1.61. The van der Waals surface area contributed by atoms with Crippen molar-refractivity contribution in [1.82, 2.24) is 20.4 Å². The van der Waals surface area contributed by atoms with Crippen LogP contribution in [0.4, 0.5) is 0 Å². The lowest BCUT2D eigenvalue weighted by Crippen LogP contribution is -2.52. The topological polar surface area (TPSA) is 123 Å². The van der Waals surface area contributed by atoms with Gasteiger partial charge in [0, 0.05) is 11.6 Å². The first kappa shape index (κ1) is 27.4. The van der Waals surface area contributed by atoms with E-state index in [0.29, 0.717) is 31.4 Å². The SMILES string of the molecule is Cc1ccc(C(=O)N[C@H]2CCCC[C@H]2C(=O)N[C@@H](CC(C)C)C(=O)c2nn(CC(C)C)c(=O)o2)cc1. The fourth-order valence-corrected chi connectivity index (χ4v) is 4.57. The number of nitrogens with one attached hydrogen (secondary N) is 2. The van der Waals surface area contributed by atoms with Crippen LogP contribution in [-0.2, 0) is 11.3 Å². The molecule has 3 rings (SSSR count). The van der Waals surface area contributed by atoms with Crippen molar-refractivity contribution in [2.45, 2.75) is 85.4 Å². The van der Waals surface area contributed by atoms with Crippen molar-refractivity contribution >= 4 is 17.6 Å². The molecule has 36 heavy (non-hydrogen) atoms. The molecule has 9 nitrogen and oxygen atoms in total. The van der Waals surface area contributed by atoms with Crippen molar-refractivity contribution in [1.29, 1.82) is 0 Å². The number of amides is 2. The third-order valence-electron chi connectivity index (χ3n) is 6.43. The van der Waals surface area contributed by atoms with E-state index >= 15 is 0 Å². The lowest BCUT2D eigenvalue weighted by Gasteiger charge is -2.32. The molecule has 2 amide bonds. The first-order chi connectivity index (χ1) is 17.0. The minimum Gasteiger partial charge on any atom is -0.384 e. The Morgan fingerprint density at radius 2 is 1.72 bits per heavy atom. The summed E-state index contributed by atoms with van der Waals surface area (Å²) < 4.78 is 6.28. The summed E-state index contributed by atoms with van der Waals surface area (Å²) in [7, 11) is 0. The van der Waals surface area contributed by atoms with Crippen LogP contribution in [0.3, 0.4) is 0 Å². The van der Waals surface area contributed by atoms with Gasteiger partial charge in [-0.3, -0.25) is 14.4 Å². The van der Waals surface area contributed by atoms with E-state index in [1.165, 1.54) is 0 Å². The standard InChI is InChI=1S/C27H38N4O5/c1-16(2)14-22(23(32)26-30-31(15-17(3)4)27(35)36-26)29-25(34)20-8-6-7-9-21(20)28-24(33)19-12-10-18(5)11-13-19/h10-13,16-17,20-22H,6-9,14-15H2,1-5H3,(H,28,33)(H,29,34)/t20-,21+,22+/m1/s1. The summed E-state index contributed by atoms with van der Waals surface area (Å²) in [4.78, 5) is 51.6. The van der Waals surface area contributed by atoms with Crippen LogP contribution in [0.2, 0.25) is 0 Å². The van der Waals surface area contributed by atoms with Gasteiger partial charge < -0.3 is 15.1 Å². The van der Waals surface area contributed by atoms with Gasteiger partial charge in [0.1, 0.15) is 0 Å². The number of aromatic nitrogens is 2. The number of aryl methyl sites for hydroxylation is 1. The molecule has 2 aromatic rings. The molecule has 1 aliphatic rings. The molecule has 1 aromatic heterocycles. The molecule has 0 aliphatic heterocycles. The first-order valence-corrected chi connectivity index (χ1v) is 12.8. The van der Waals surface area contributed by atoms with Crippen LogP contribution in [-0.4, -0.2) is 39.5 Å². The fourth-order valence-electron chi connectivity index (χ4n) is 4.57. The van der Waals surface area contributed by atoms with Gasteiger partial charge in [-0.25, -0.2) is 4.79 Å². The molecule has 0 bridgehead atoms. The van der Waals surface area contributed by atoms with Crippen LogP contribution in [0, 0.1) is 24.7 Å². The average Bonchev–Trinajstić information content (AvgIpc) is 3.18. The number of carbonyl (C=O) groups is 3. The van der Waals surface area contributed by atoms with E-state index in [1.54, 1.807) is 12.1 Å². The molecule has 0 saturated heterocycles. The molecule has 3 atom stereocenters. The van der Waals surface area contributed by atoms with E-state index in [2.05, 4.69) is 15.7 Å². The van der Waals surface area contributed by atoms with E-state index in [9.17, 15) is 19.2 Å². The Morgan fingerprint density at radius 1 is 1.06 bits per heavy atom. The number of carbonyl (C=O) groups excluding carboxylic acids is 3. The monoisotopic (exact) mass is 498 g/mol. The van der Waals surface area contributed by atoms with E-state index < -0.39 is 23.5 Å². The third-order valence-corrected chi connectivity index (χ3v) is 6.43. The highest BCUT2D eigenvalue weighted by atomic mass is 16.4. The van der Waals surface area contributed by atoms with Crippen LogP contribution in [0.1, 0.15) is 86.4 Å². The molecular weight excluding hydrogens is 460 g/mol. The second kappa shape index (κ2) is 12.1. The first-order valence-electron chi connectivity index (χ1n) is 12.8. The van der Waals surface area contributed by atoms with Crippen molar-refractivity contribution in [2.75, 3.05) is 0 Å². The van der Waals surface area contributed by atoms with Gasteiger partial charge in [0.15, 0.2) is 0 Å². The highest BCUT2D eigenvalue weighted by molar-refractivity contribution is 5.99. The van der Waals surface area contributed by atoms with Crippen LogP contribution in [0.25, 0.3) is 0 Å². The van der Waals surface area contributed by atoms with Gasteiger partial charge in [-0.15, -0.1) is 5.10 Å². The van der Waals surface area contributed by atoms with Gasteiger partial charge in [-0.1, -0.05) is 58.2 Å². The zero-order valence-electron chi connectivity index (χ0n) is 21.9. The zero-order valence-corrected chi connectivity index (χ0v) is 21.9. The lowest BCUT2D eigenvalue weighted by molar-refractivity contribution is -0.127. The normalized spacial score (nSPS) is 18.8. The van der Waals surface area contributed by atoms with Gasteiger partial charge in [0.2, 0.25) is 11.7 Å². The number of nitrogens with zero attached hydrogens (tertiary/aromatic N) is 2. The van der Waals surface area contributed by atoms with Crippen molar-refractivity contribution < 1.29 is 18.8 Å². The Hall–Kier alpha value is -3.23. The molecule has 1 heterocycles. The Bertz CT molecular complexity index is 1120. The highest BCUT2D eigenvalue weighted by Gasteiger charge is 2.35. The number of hydrogen-bond donors (Lipinski definition) is 2. The molecule has 1 fully saturated rings. The van der Waals surface area contributed by atoms with E-state index in [-0.39, 0.29) is 35.6 Å². The maximum atomic E-state index is 13.4. The highest BCUT2D eigenvalue weighted by Crippen LogP contribution is 2.26.